The van der Waals surface area contributed by atoms with Gasteiger partial charge in [-0.1, -0.05) is 18.7 Å². The first-order chi connectivity index (χ1) is 8.71. The lowest BCUT2D eigenvalue weighted by molar-refractivity contribution is 0.217. The molecule has 4 heteroatoms. The van der Waals surface area contributed by atoms with Crippen molar-refractivity contribution in [2.45, 2.75) is 6.54 Å². The molecule has 1 aromatic rings. The summed E-state index contributed by atoms with van der Waals surface area (Å²) < 4.78 is 10.8. The third kappa shape index (κ3) is 4.39. The second-order valence-electron chi connectivity index (χ2n) is 4.05. The molecule has 0 unspecified atom stereocenters. The Labute approximate surface area is 108 Å². The molecule has 0 amide bonds. The molecule has 0 bridgehead atoms. The number of benzene rings is 1. The van der Waals surface area contributed by atoms with Crippen molar-refractivity contribution in [2.24, 2.45) is 0 Å². The monoisotopic (exact) mass is 251 g/mol. The van der Waals surface area contributed by atoms with Gasteiger partial charge in [0.25, 0.3) is 0 Å². The van der Waals surface area contributed by atoms with Gasteiger partial charge in [0.15, 0.2) is 11.5 Å². The van der Waals surface area contributed by atoms with Crippen LogP contribution in [0.1, 0.15) is 5.56 Å². The van der Waals surface area contributed by atoms with Crippen LogP contribution >= 0.6 is 0 Å². The van der Waals surface area contributed by atoms with Gasteiger partial charge in [0.05, 0.1) is 13.7 Å². The predicted molar refractivity (Wildman–Crippen MR) is 72.1 cm³/mol. The summed E-state index contributed by atoms with van der Waals surface area (Å²) in [4.78, 5) is 2.04. The Morgan fingerprint density at radius 3 is 2.78 bits per heavy atom. The van der Waals surface area contributed by atoms with E-state index in [9.17, 15) is 0 Å². The van der Waals surface area contributed by atoms with E-state index in [0.29, 0.717) is 24.7 Å². The van der Waals surface area contributed by atoms with E-state index in [-0.39, 0.29) is 6.61 Å². The summed E-state index contributed by atoms with van der Waals surface area (Å²) >= 11 is 0. The van der Waals surface area contributed by atoms with Crippen molar-refractivity contribution in [3.05, 3.63) is 36.4 Å². The molecule has 0 aliphatic rings. The molecule has 0 saturated heterocycles. The average molecular weight is 251 g/mol. The van der Waals surface area contributed by atoms with E-state index < -0.39 is 0 Å². The summed E-state index contributed by atoms with van der Waals surface area (Å²) in [5.41, 5.74) is 1.12. The zero-order valence-electron chi connectivity index (χ0n) is 11.1. The molecule has 0 aliphatic carbocycles. The number of ether oxygens (including phenoxy) is 2. The smallest absolute Gasteiger partial charge is 0.161 e. The summed E-state index contributed by atoms with van der Waals surface area (Å²) in [5.74, 6) is 1.43. The predicted octanol–water partition coefficient (Wildman–Crippen LogP) is 1.68. The second-order valence-corrected chi connectivity index (χ2v) is 4.05. The number of aliphatic hydroxyl groups excluding tert-OH is 1. The molecule has 0 heterocycles. The fraction of sp³-hybridized carbons (Fsp3) is 0.429. The van der Waals surface area contributed by atoms with Gasteiger partial charge in [0.2, 0.25) is 0 Å². The van der Waals surface area contributed by atoms with Crippen LogP contribution in [0.3, 0.4) is 0 Å². The Kier molecular flexibility index (Phi) is 6.25. The van der Waals surface area contributed by atoms with Gasteiger partial charge in [-0.3, -0.25) is 4.90 Å². The van der Waals surface area contributed by atoms with Crippen LogP contribution in [-0.2, 0) is 6.54 Å². The van der Waals surface area contributed by atoms with Gasteiger partial charge in [-0.25, -0.2) is 0 Å². The average Bonchev–Trinajstić information content (AvgIpc) is 2.37. The van der Waals surface area contributed by atoms with Crippen molar-refractivity contribution >= 4 is 0 Å². The maximum absolute atomic E-state index is 8.86. The van der Waals surface area contributed by atoms with Crippen molar-refractivity contribution in [2.75, 3.05) is 33.9 Å². The van der Waals surface area contributed by atoms with Crippen LogP contribution in [0.2, 0.25) is 0 Å². The number of likely N-dealkylation sites (N-methyl/N-ethyl adjacent to an activating group) is 1. The van der Waals surface area contributed by atoms with Crippen LogP contribution in [0.25, 0.3) is 0 Å². The van der Waals surface area contributed by atoms with Crippen molar-refractivity contribution in [3.8, 4) is 11.5 Å². The summed E-state index contributed by atoms with van der Waals surface area (Å²) in [6.07, 6.45) is 1.70. The van der Waals surface area contributed by atoms with E-state index in [1.165, 1.54) is 0 Å². The first kappa shape index (κ1) is 14.5. The number of hydrogen-bond donors (Lipinski definition) is 1. The highest BCUT2D eigenvalue weighted by Gasteiger charge is 2.07. The Balaban J connectivity index is 2.74. The maximum Gasteiger partial charge on any atom is 0.161 e. The summed E-state index contributed by atoms with van der Waals surface area (Å²) in [5, 5.41) is 8.86. The maximum atomic E-state index is 8.86. The topological polar surface area (TPSA) is 41.9 Å². The summed E-state index contributed by atoms with van der Waals surface area (Å²) in [6.45, 7) is 5.64. The molecule has 1 N–H and O–H groups in total. The van der Waals surface area contributed by atoms with Crippen LogP contribution in [0.4, 0.5) is 0 Å². The van der Waals surface area contributed by atoms with E-state index in [1.807, 2.05) is 30.1 Å². The Morgan fingerprint density at radius 2 is 2.17 bits per heavy atom. The highest BCUT2D eigenvalue weighted by atomic mass is 16.5. The van der Waals surface area contributed by atoms with Gasteiger partial charge < -0.3 is 14.6 Å². The van der Waals surface area contributed by atoms with Gasteiger partial charge in [-0.2, -0.15) is 0 Å². The summed E-state index contributed by atoms with van der Waals surface area (Å²) in [7, 11) is 3.59. The number of rotatable bonds is 8. The lowest BCUT2D eigenvalue weighted by Gasteiger charge is -2.16. The molecule has 0 aliphatic heterocycles. The molecule has 1 aromatic carbocycles. The molecular weight excluding hydrogens is 230 g/mol. The number of hydrogen-bond acceptors (Lipinski definition) is 4. The van der Waals surface area contributed by atoms with E-state index in [1.54, 1.807) is 13.2 Å². The van der Waals surface area contributed by atoms with Crippen LogP contribution < -0.4 is 9.47 Å². The van der Waals surface area contributed by atoms with Crippen LogP contribution in [0, 0.1) is 0 Å². The van der Waals surface area contributed by atoms with Crippen molar-refractivity contribution in [1.29, 1.82) is 0 Å². The van der Waals surface area contributed by atoms with Crippen LogP contribution in [0.5, 0.6) is 11.5 Å². The van der Waals surface area contributed by atoms with E-state index in [0.717, 1.165) is 12.1 Å². The number of methoxy groups -OCH3 is 1. The second kappa shape index (κ2) is 7.74. The van der Waals surface area contributed by atoms with Crippen LogP contribution in [-0.4, -0.2) is 43.9 Å². The van der Waals surface area contributed by atoms with Crippen molar-refractivity contribution < 1.29 is 14.6 Å². The zero-order valence-corrected chi connectivity index (χ0v) is 11.1. The van der Waals surface area contributed by atoms with Gasteiger partial charge in [0, 0.05) is 13.1 Å². The molecule has 1 rings (SSSR count). The highest BCUT2D eigenvalue weighted by molar-refractivity contribution is 5.43. The summed E-state index contributed by atoms with van der Waals surface area (Å²) in [6, 6.07) is 5.84. The molecule has 0 atom stereocenters. The van der Waals surface area contributed by atoms with Crippen LogP contribution in [0.15, 0.2) is 30.9 Å². The van der Waals surface area contributed by atoms with E-state index in [2.05, 4.69) is 6.58 Å². The molecule has 100 valence electrons. The zero-order chi connectivity index (χ0) is 13.4. The Morgan fingerprint density at radius 1 is 1.39 bits per heavy atom. The molecule has 18 heavy (non-hydrogen) atoms. The quantitative estimate of drug-likeness (QED) is 0.714. The first-order valence-electron chi connectivity index (χ1n) is 5.91. The van der Waals surface area contributed by atoms with Crippen molar-refractivity contribution in [1.82, 2.24) is 4.90 Å². The first-order valence-corrected chi connectivity index (χ1v) is 5.91. The molecule has 0 aromatic heterocycles. The standard InChI is InChI=1S/C14H21NO3/c1-4-9-18-13-6-5-12(10-14(13)17-3)11-15(2)7-8-16/h4-6,10,16H,1,7-9,11H2,2-3H3. The fourth-order valence-corrected chi connectivity index (χ4v) is 1.64. The van der Waals surface area contributed by atoms with Crippen molar-refractivity contribution in [3.63, 3.8) is 0 Å². The third-order valence-corrected chi connectivity index (χ3v) is 2.52. The highest BCUT2D eigenvalue weighted by Crippen LogP contribution is 2.28. The molecule has 0 spiro atoms. The fourth-order valence-electron chi connectivity index (χ4n) is 1.64. The molecular formula is C14H21NO3. The lowest BCUT2D eigenvalue weighted by atomic mass is 10.2. The molecule has 0 saturated carbocycles. The van der Waals surface area contributed by atoms with Gasteiger partial charge in [-0.15, -0.1) is 0 Å². The minimum absolute atomic E-state index is 0.161. The Bertz CT molecular complexity index is 379. The SMILES string of the molecule is C=CCOc1ccc(CN(C)CCO)cc1OC. The molecule has 0 radical (unpaired) electrons. The number of aliphatic hydroxyl groups is 1. The Hall–Kier alpha value is -1.52. The van der Waals surface area contributed by atoms with Gasteiger partial charge in [-0.05, 0) is 24.7 Å². The minimum atomic E-state index is 0.161. The largest absolute Gasteiger partial charge is 0.493 e. The van der Waals surface area contributed by atoms with E-state index >= 15 is 0 Å². The normalized spacial score (nSPS) is 10.4. The van der Waals surface area contributed by atoms with E-state index in [4.69, 9.17) is 14.6 Å². The lowest BCUT2D eigenvalue weighted by Crippen LogP contribution is -2.21. The third-order valence-electron chi connectivity index (χ3n) is 2.52. The number of nitrogens with zero attached hydrogens (tertiary/aromatic N) is 1. The van der Waals surface area contributed by atoms with Gasteiger partial charge >= 0.3 is 0 Å². The van der Waals surface area contributed by atoms with Gasteiger partial charge in [0.1, 0.15) is 6.61 Å². The molecule has 0 fully saturated rings. The molecule has 4 nitrogen and oxygen atoms in total. The minimum Gasteiger partial charge on any atom is -0.493 e.